The Hall–Kier alpha value is -2.27. The molecule has 5 nitrogen and oxygen atoms in total. The average molecular weight is 228 g/mol. The fourth-order valence-electron chi connectivity index (χ4n) is 1.49. The highest BCUT2D eigenvalue weighted by Gasteiger charge is 2.07. The van der Waals surface area contributed by atoms with Crippen molar-refractivity contribution in [3.05, 3.63) is 47.9 Å². The van der Waals surface area contributed by atoms with Gasteiger partial charge in [-0.3, -0.25) is 15.2 Å². The van der Waals surface area contributed by atoms with Gasteiger partial charge in [0.15, 0.2) is 0 Å². The summed E-state index contributed by atoms with van der Waals surface area (Å²) in [5, 5.41) is 0. The third-order valence-electron chi connectivity index (χ3n) is 2.31. The number of carbonyl (C=O) groups excluding carboxylic acids is 1. The molecule has 0 unspecified atom stereocenters. The summed E-state index contributed by atoms with van der Waals surface area (Å²) in [6.07, 6.45) is 2.99. The summed E-state index contributed by atoms with van der Waals surface area (Å²) in [4.78, 5) is 19.5. The lowest BCUT2D eigenvalue weighted by Crippen LogP contribution is -2.30. The maximum atomic E-state index is 11.3. The maximum absolute atomic E-state index is 11.3. The highest BCUT2D eigenvalue weighted by atomic mass is 16.2. The van der Waals surface area contributed by atoms with Crippen LogP contribution in [0.5, 0.6) is 0 Å². The van der Waals surface area contributed by atoms with Crippen LogP contribution in [0.4, 0.5) is 0 Å². The first kappa shape index (κ1) is 11.2. The van der Waals surface area contributed by atoms with E-state index in [1.165, 1.54) is 6.20 Å². The van der Waals surface area contributed by atoms with Gasteiger partial charge in [-0.15, -0.1) is 0 Å². The summed E-state index contributed by atoms with van der Waals surface area (Å²) >= 11 is 0. The topological polar surface area (TPSA) is 80.9 Å². The van der Waals surface area contributed by atoms with Gasteiger partial charge in [-0.1, -0.05) is 23.8 Å². The minimum Gasteiger partial charge on any atom is -0.289 e. The van der Waals surface area contributed by atoms with E-state index in [0.29, 0.717) is 5.69 Å². The van der Waals surface area contributed by atoms with Crippen LogP contribution in [0.15, 0.2) is 36.7 Å². The molecule has 0 spiro atoms. The number of amides is 1. The molecule has 1 heterocycles. The molecule has 0 bridgehead atoms. The molecule has 2 rings (SSSR count). The van der Waals surface area contributed by atoms with Crippen LogP contribution in [-0.2, 0) is 0 Å². The Morgan fingerprint density at radius 1 is 1.35 bits per heavy atom. The fourth-order valence-corrected chi connectivity index (χ4v) is 1.49. The summed E-state index contributed by atoms with van der Waals surface area (Å²) < 4.78 is 0. The first-order valence-electron chi connectivity index (χ1n) is 5.11. The summed E-state index contributed by atoms with van der Waals surface area (Å²) in [7, 11) is 0. The first-order valence-corrected chi connectivity index (χ1v) is 5.11. The predicted octanol–water partition coefficient (Wildman–Crippen LogP) is 1.06. The normalized spacial score (nSPS) is 10.0. The van der Waals surface area contributed by atoms with Crippen LogP contribution in [0.1, 0.15) is 16.1 Å². The summed E-state index contributed by atoms with van der Waals surface area (Å²) in [5.74, 6) is 4.60. The SMILES string of the molecule is Cc1cccc(-c2cncc(C(=O)NN)n2)c1. The highest BCUT2D eigenvalue weighted by molar-refractivity contribution is 5.91. The predicted molar refractivity (Wildman–Crippen MR) is 63.9 cm³/mol. The van der Waals surface area contributed by atoms with Crippen molar-refractivity contribution in [2.45, 2.75) is 6.92 Å². The van der Waals surface area contributed by atoms with Crippen molar-refractivity contribution >= 4 is 5.91 Å². The molecule has 1 aromatic carbocycles. The third-order valence-corrected chi connectivity index (χ3v) is 2.31. The van der Waals surface area contributed by atoms with Crippen LogP contribution in [0.2, 0.25) is 0 Å². The Labute approximate surface area is 98.7 Å². The molecular formula is C12H12N4O. The van der Waals surface area contributed by atoms with E-state index in [4.69, 9.17) is 5.84 Å². The standard InChI is InChI=1S/C12H12N4O/c1-8-3-2-4-9(5-8)10-6-14-7-11(15-10)12(17)16-13/h2-7H,13H2,1H3,(H,16,17). The number of nitrogens with zero attached hydrogens (tertiary/aromatic N) is 2. The Kier molecular flexibility index (Phi) is 3.11. The van der Waals surface area contributed by atoms with E-state index >= 15 is 0 Å². The second-order valence-electron chi connectivity index (χ2n) is 3.63. The lowest BCUT2D eigenvalue weighted by Gasteiger charge is -2.03. The fraction of sp³-hybridized carbons (Fsp3) is 0.0833. The summed E-state index contributed by atoms with van der Waals surface area (Å²) in [5.41, 5.74) is 4.92. The van der Waals surface area contributed by atoms with Crippen LogP contribution in [-0.4, -0.2) is 15.9 Å². The van der Waals surface area contributed by atoms with Crippen molar-refractivity contribution in [1.82, 2.24) is 15.4 Å². The van der Waals surface area contributed by atoms with E-state index < -0.39 is 5.91 Å². The third kappa shape index (κ3) is 2.46. The molecule has 0 fully saturated rings. The van der Waals surface area contributed by atoms with Gasteiger partial charge in [-0.25, -0.2) is 10.8 Å². The Balaban J connectivity index is 2.43. The van der Waals surface area contributed by atoms with Crippen LogP contribution in [0.25, 0.3) is 11.3 Å². The van der Waals surface area contributed by atoms with Crippen molar-refractivity contribution in [1.29, 1.82) is 0 Å². The zero-order chi connectivity index (χ0) is 12.3. The molecule has 0 saturated carbocycles. The van der Waals surface area contributed by atoms with Crippen molar-refractivity contribution in [3.8, 4) is 11.3 Å². The number of hydrazine groups is 1. The summed E-state index contributed by atoms with van der Waals surface area (Å²) in [6.45, 7) is 1.99. The number of hydrogen-bond acceptors (Lipinski definition) is 4. The van der Waals surface area contributed by atoms with Crippen molar-refractivity contribution < 1.29 is 4.79 Å². The molecule has 0 aliphatic carbocycles. The Morgan fingerprint density at radius 3 is 2.88 bits per heavy atom. The number of carbonyl (C=O) groups is 1. The molecule has 17 heavy (non-hydrogen) atoms. The minimum absolute atomic E-state index is 0.200. The van der Waals surface area contributed by atoms with Crippen molar-refractivity contribution in [2.24, 2.45) is 5.84 Å². The van der Waals surface area contributed by atoms with E-state index in [0.717, 1.165) is 11.1 Å². The van der Waals surface area contributed by atoms with Crippen LogP contribution >= 0.6 is 0 Å². The van der Waals surface area contributed by atoms with Gasteiger partial charge < -0.3 is 0 Å². The maximum Gasteiger partial charge on any atom is 0.285 e. The largest absolute Gasteiger partial charge is 0.289 e. The van der Waals surface area contributed by atoms with Gasteiger partial charge in [0.2, 0.25) is 0 Å². The number of nitrogens with two attached hydrogens (primary N) is 1. The number of rotatable bonds is 2. The highest BCUT2D eigenvalue weighted by Crippen LogP contribution is 2.17. The molecule has 1 aromatic heterocycles. The molecule has 0 atom stereocenters. The van der Waals surface area contributed by atoms with E-state index in [-0.39, 0.29) is 5.69 Å². The second kappa shape index (κ2) is 4.71. The van der Waals surface area contributed by atoms with Gasteiger partial charge in [-0.05, 0) is 13.0 Å². The molecule has 5 heteroatoms. The van der Waals surface area contributed by atoms with E-state index in [9.17, 15) is 4.79 Å². The van der Waals surface area contributed by atoms with Crippen LogP contribution < -0.4 is 11.3 Å². The smallest absolute Gasteiger partial charge is 0.285 e. The van der Waals surface area contributed by atoms with E-state index in [1.54, 1.807) is 6.20 Å². The Bertz CT molecular complexity index is 554. The van der Waals surface area contributed by atoms with Crippen molar-refractivity contribution in [2.75, 3.05) is 0 Å². The number of hydrogen-bond donors (Lipinski definition) is 2. The molecule has 2 aromatic rings. The van der Waals surface area contributed by atoms with Crippen molar-refractivity contribution in [3.63, 3.8) is 0 Å². The lowest BCUT2D eigenvalue weighted by molar-refractivity contribution is 0.0948. The Morgan fingerprint density at radius 2 is 2.18 bits per heavy atom. The molecule has 0 radical (unpaired) electrons. The van der Waals surface area contributed by atoms with Gasteiger partial charge in [0.1, 0.15) is 5.69 Å². The van der Waals surface area contributed by atoms with Gasteiger partial charge in [0.05, 0.1) is 18.1 Å². The van der Waals surface area contributed by atoms with Gasteiger partial charge in [0, 0.05) is 5.56 Å². The van der Waals surface area contributed by atoms with Crippen LogP contribution in [0.3, 0.4) is 0 Å². The average Bonchev–Trinajstić information content (AvgIpc) is 2.38. The quantitative estimate of drug-likeness (QED) is 0.457. The number of nitrogens with one attached hydrogen (secondary N) is 1. The number of aromatic nitrogens is 2. The monoisotopic (exact) mass is 228 g/mol. The molecule has 3 N–H and O–H groups in total. The molecular weight excluding hydrogens is 216 g/mol. The van der Waals surface area contributed by atoms with E-state index in [1.807, 2.05) is 36.6 Å². The molecule has 0 saturated heterocycles. The molecule has 1 amide bonds. The molecule has 86 valence electrons. The minimum atomic E-state index is -0.452. The zero-order valence-corrected chi connectivity index (χ0v) is 9.34. The number of benzene rings is 1. The van der Waals surface area contributed by atoms with Gasteiger partial charge >= 0.3 is 0 Å². The second-order valence-corrected chi connectivity index (χ2v) is 3.63. The lowest BCUT2D eigenvalue weighted by atomic mass is 10.1. The first-order chi connectivity index (χ1) is 8.20. The van der Waals surface area contributed by atoms with Gasteiger partial charge in [0.25, 0.3) is 5.91 Å². The number of nitrogen functional groups attached to an aromatic ring is 1. The molecule has 0 aliphatic rings. The number of aryl methyl sites for hydroxylation is 1. The van der Waals surface area contributed by atoms with E-state index in [2.05, 4.69) is 9.97 Å². The molecule has 0 aliphatic heterocycles. The van der Waals surface area contributed by atoms with Crippen LogP contribution in [0, 0.1) is 6.92 Å². The van der Waals surface area contributed by atoms with Gasteiger partial charge in [-0.2, -0.15) is 0 Å². The summed E-state index contributed by atoms with van der Waals surface area (Å²) in [6, 6.07) is 7.82. The zero-order valence-electron chi connectivity index (χ0n) is 9.34.